The zero-order valence-electron chi connectivity index (χ0n) is 9.11. The summed E-state index contributed by atoms with van der Waals surface area (Å²) < 4.78 is 4.61. The van der Waals surface area contributed by atoms with Crippen LogP contribution in [0.3, 0.4) is 0 Å². The Hall–Kier alpha value is -1.75. The van der Waals surface area contributed by atoms with Gasteiger partial charge in [0.15, 0.2) is 0 Å². The van der Waals surface area contributed by atoms with Crippen LogP contribution in [0.1, 0.15) is 5.56 Å². The van der Waals surface area contributed by atoms with E-state index in [0.29, 0.717) is 12.1 Å². The molecule has 1 aromatic carbocycles. The molecule has 0 atom stereocenters. The van der Waals surface area contributed by atoms with Crippen molar-refractivity contribution in [2.75, 3.05) is 17.8 Å². The molecule has 2 amide bonds. The fourth-order valence-corrected chi connectivity index (χ4v) is 1.29. The summed E-state index contributed by atoms with van der Waals surface area (Å²) in [6.45, 7) is 0.239. The maximum Gasteiger partial charge on any atom is 0.404 e. The first kappa shape index (κ1) is 13.3. The number of benzene rings is 1. The van der Waals surface area contributed by atoms with E-state index in [9.17, 15) is 9.59 Å². The molecule has 0 aliphatic heterocycles. The predicted molar refractivity (Wildman–Crippen MR) is 65.0 cm³/mol. The van der Waals surface area contributed by atoms with Crippen molar-refractivity contribution in [3.8, 4) is 0 Å². The molecule has 0 unspecified atom stereocenters. The van der Waals surface area contributed by atoms with Gasteiger partial charge >= 0.3 is 6.09 Å². The number of halogens is 1. The van der Waals surface area contributed by atoms with Crippen LogP contribution in [-0.2, 0) is 16.0 Å². The molecule has 0 aliphatic carbocycles. The summed E-state index contributed by atoms with van der Waals surface area (Å²) >= 11 is 5.36. The first-order chi connectivity index (χ1) is 8.11. The van der Waals surface area contributed by atoms with Crippen molar-refractivity contribution >= 4 is 29.3 Å². The highest BCUT2D eigenvalue weighted by Crippen LogP contribution is 2.10. The van der Waals surface area contributed by atoms with Gasteiger partial charge in [0.1, 0.15) is 5.88 Å². The second-order valence-corrected chi connectivity index (χ2v) is 3.56. The number of amides is 2. The number of ether oxygens (including phenoxy) is 1. The highest BCUT2D eigenvalue weighted by atomic mass is 35.5. The van der Waals surface area contributed by atoms with E-state index < -0.39 is 6.09 Å². The normalized spacial score (nSPS) is 9.71. The van der Waals surface area contributed by atoms with Crippen molar-refractivity contribution in [1.82, 2.24) is 0 Å². The SMILES string of the molecule is NC(=O)OCCc1ccc(NC(=O)CCl)cc1. The number of anilines is 1. The fraction of sp³-hybridized carbons (Fsp3) is 0.273. The third kappa shape index (κ3) is 5.21. The summed E-state index contributed by atoms with van der Waals surface area (Å²) in [5.74, 6) is -0.328. The van der Waals surface area contributed by atoms with E-state index in [1.54, 1.807) is 12.1 Å². The molecular formula is C11H13ClN2O3. The van der Waals surface area contributed by atoms with Crippen LogP contribution in [0, 0.1) is 0 Å². The third-order valence-electron chi connectivity index (χ3n) is 1.99. The summed E-state index contributed by atoms with van der Waals surface area (Å²) in [5.41, 5.74) is 6.49. The van der Waals surface area contributed by atoms with E-state index in [-0.39, 0.29) is 18.4 Å². The first-order valence-electron chi connectivity index (χ1n) is 4.99. The van der Waals surface area contributed by atoms with E-state index in [1.165, 1.54) is 0 Å². The Bertz CT molecular complexity index is 392. The van der Waals surface area contributed by atoms with Gasteiger partial charge in [-0.25, -0.2) is 4.79 Å². The smallest absolute Gasteiger partial charge is 0.404 e. The van der Waals surface area contributed by atoms with Gasteiger partial charge in [0.2, 0.25) is 5.91 Å². The van der Waals surface area contributed by atoms with Crippen LogP contribution < -0.4 is 11.1 Å². The maximum absolute atomic E-state index is 11.0. The number of rotatable bonds is 5. The predicted octanol–water partition coefficient (Wildman–Crippen LogP) is 1.50. The monoisotopic (exact) mass is 256 g/mol. The second-order valence-electron chi connectivity index (χ2n) is 3.30. The summed E-state index contributed by atoms with van der Waals surface area (Å²) in [6, 6.07) is 7.16. The second kappa shape index (κ2) is 6.75. The topological polar surface area (TPSA) is 81.4 Å². The van der Waals surface area contributed by atoms with Crippen molar-refractivity contribution < 1.29 is 14.3 Å². The third-order valence-corrected chi connectivity index (χ3v) is 2.24. The van der Waals surface area contributed by atoms with Gasteiger partial charge in [0.25, 0.3) is 0 Å². The van der Waals surface area contributed by atoms with Gasteiger partial charge in [0.05, 0.1) is 6.61 Å². The van der Waals surface area contributed by atoms with Gasteiger partial charge in [0, 0.05) is 12.1 Å². The molecule has 0 fully saturated rings. The molecule has 6 heteroatoms. The van der Waals surface area contributed by atoms with Gasteiger partial charge in [-0.1, -0.05) is 12.1 Å². The lowest BCUT2D eigenvalue weighted by Crippen LogP contribution is -2.15. The van der Waals surface area contributed by atoms with Gasteiger partial charge in [-0.15, -0.1) is 11.6 Å². The van der Waals surface area contributed by atoms with Crippen molar-refractivity contribution in [3.05, 3.63) is 29.8 Å². The van der Waals surface area contributed by atoms with Crippen LogP contribution >= 0.6 is 11.6 Å². The van der Waals surface area contributed by atoms with Crippen LogP contribution in [-0.4, -0.2) is 24.5 Å². The minimum absolute atomic E-state index is 0.0752. The Labute approximate surface area is 104 Å². The number of carbonyl (C=O) groups excluding carboxylic acids is 2. The standard InChI is InChI=1S/C11H13ClN2O3/c12-7-10(15)14-9-3-1-8(2-4-9)5-6-17-11(13)16/h1-4H,5-7H2,(H2,13,16)(H,14,15). The zero-order valence-corrected chi connectivity index (χ0v) is 9.87. The van der Waals surface area contributed by atoms with E-state index in [1.807, 2.05) is 12.1 Å². The van der Waals surface area contributed by atoms with Gasteiger partial charge < -0.3 is 15.8 Å². The van der Waals surface area contributed by atoms with Crippen LogP contribution in [0.4, 0.5) is 10.5 Å². The fourth-order valence-electron chi connectivity index (χ4n) is 1.22. The maximum atomic E-state index is 11.0. The highest BCUT2D eigenvalue weighted by Gasteiger charge is 2.00. The van der Waals surface area contributed by atoms with Crippen LogP contribution in [0.15, 0.2) is 24.3 Å². The molecule has 0 aliphatic rings. The van der Waals surface area contributed by atoms with E-state index >= 15 is 0 Å². The van der Waals surface area contributed by atoms with Gasteiger partial charge in [-0.3, -0.25) is 4.79 Å². The Morgan fingerprint density at radius 2 is 1.94 bits per heavy atom. The molecule has 0 saturated heterocycles. The largest absolute Gasteiger partial charge is 0.449 e. The average Bonchev–Trinajstić information content (AvgIpc) is 2.31. The van der Waals surface area contributed by atoms with Crippen molar-refractivity contribution in [1.29, 1.82) is 0 Å². The van der Waals surface area contributed by atoms with E-state index in [4.69, 9.17) is 17.3 Å². The van der Waals surface area contributed by atoms with Gasteiger partial charge in [-0.05, 0) is 17.7 Å². The van der Waals surface area contributed by atoms with Crippen molar-refractivity contribution in [2.24, 2.45) is 5.73 Å². The van der Waals surface area contributed by atoms with Crippen LogP contribution in [0.2, 0.25) is 0 Å². The van der Waals surface area contributed by atoms with Gasteiger partial charge in [-0.2, -0.15) is 0 Å². The first-order valence-corrected chi connectivity index (χ1v) is 5.52. The summed E-state index contributed by atoms with van der Waals surface area (Å²) in [6.07, 6.45) is -0.205. The molecule has 0 aromatic heterocycles. The molecule has 0 spiro atoms. The highest BCUT2D eigenvalue weighted by molar-refractivity contribution is 6.29. The molecule has 92 valence electrons. The molecule has 5 nitrogen and oxygen atoms in total. The molecule has 0 bridgehead atoms. The number of hydrogen-bond donors (Lipinski definition) is 2. The summed E-state index contributed by atoms with van der Waals surface area (Å²) in [4.78, 5) is 21.3. The molecule has 1 rings (SSSR count). The molecular weight excluding hydrogens is 244 g/mol. The Morgan fingerprint density at radius 3 is 2.47 bits per heavy atom. The summed E-state index contributed by atoms with van der Waals surface area (Å²) in [5, 5.41) is 2.62. The number of primary amides is 1. The average molecular weight is 257 g/mol. The number of carbonyl (C=O) groups is 2. The van der Waals surface area contributed by atoms with Crippen molar-refractivity contribution in [3.63, 3.8) is 0 Å². The molecule has 3 N–H and O–H groups in total. The minimum Gasteiger partial charge on any atom is -0.449 e. The Kier molecular flexibility index (Phi) is 5.29. The lowest BCUT2D eigenvalue weighted by Gasteiger charge is -2.05. The van der Waals surface area contributed by atoms with E-state index in [0.717, 1.165) is 5.56 Å². The number of nitrogens with one attached hydrogen (secondary N) is 1. The van der Waals surface area contributed by atoms with E-state index in [2.05, 4.69) is 10.1 Å². The minimum atomic E-state index is -0.781. The van der Waals surface area contributed by atoms with Crippen molar-refractivity contribution in [2.45, 2.75) is 6.42 Å². The Balaban J connectivity index is 2.44. The molecule has 0 radical (unpaired) electrons. The Morgan fingerprint density at radius 1 is 1.29 bits per heavy atom. The lowest BCUT2D eigenvalue weighted by atomic mass is 10.1. The molecule has 0 heterocycles. The molecule has 1 aromatic rings. The van der Waals surface area contributed by atoms with Crippen LogP contribution in [0.5, 0.6) is 0 Å². The molecule has 17 heavy (non-hydrogen) atoms. The quantitative estimate of drug-likeness (QED) is 0.784. The number of nitrogens with two attached hydrogens (primary N) is 1. The number of alkyl halides is 1. The number of hydrogen-bond acceptors (Lipinski definition) is 3. The lowest BCUT2D eigenvalue weighted by molar-refractivity contribution is -0.113. The van der Waals surface area contributed by atoms with Crippen LogP contribution in [0.25, 0.3) is 0 Å². The summed E-state index contributed by atoms with van der Waals surface area (Å²) in [7, 11) is 0. The molecule has 0 saturated carbocycles. The zero-order chi connectivity index (χ0) is 12.7.